The monoisotopic (exact) mass is 402 g/mol. The van der Waals surface area contributed by atoms with E-state index in [0.717, 1.165) is 37.5 Å². The first-order valence-corrected chi connectivity index (χ1v) is 10.8. The fraction of sp³-hybridized carbons (Fsp3) is 0.739. The number of hydrogen-bond donors (Lipinski definition) is 1. The molecule has 0 amide bonds. The Kier molecular flexibility index (Phi) is 5.04. The Morgan fingerprint density at radius 3 is 2.72 bits per heavy atom. The van der Waals surface area contributed by atoms with Crippen LogP contribution < -0.4 is 0 Å². The molecule has 0 aliphatic heterocycles. The summed E-state index contributed by atoms with van der Waals surface area (Å²) in [6, 6.07) is 0. The molecule has 4 aliphatic carbocycles. The number of aliphatic hydroxyl groups excluding tert-OH is 1. The van der Waals surface area contributed by atoms with Crippen LogP contribution in [0.5, 0.6) is 0 Å². The summed E-state index contributed by atoms with van der Waals surface area (Å²) < 4.78 is 4.91. The molecule has 158 valence electrons. The molecule has 6 nitrogen and oxygen atoms in total. The molecule has 0 bridgehead atoms. The van der Waals surface area contributed by atoms with E-state index in [1.807, 2.05) is 0 Å². The Labute approximate surface area is 171 Å². The summed E-state index contributed by atoms with van der Waals surface area (Å²) in [5, 5.41) is 11.3. The van der Waals surface area contributed by atoms with Crippen LogP contribution in [-0.4, -0.2) is 41.6 Å². The number of fused-ring (bicyclic) bond motifs is 5. The number of ketones is 2. The van der Waals surface area contributed by atoms with E-state index in [-0.39, 0.29) is 47.8 Å². The van der Waals surface area contributed by atoms with Crippen LogP contribution in [-0.2, 0) is 23.9 Å². The highest BCUT2D eigenvalue weighted by Gasteiger charge is 2.64. The van der Waals surface area contributed by atoms with Crippen molar-refractivity contribution in [1.29, 1.82) is 0 Å². The van der Waals surface area contributed by atoms with Gasteiger partial charge in [0.05, 0.1) is 6.10 Å². The zero-order chi connectivity index (χ0) is 21.0. The van der Waals surface area contributed by atoms with Crippen molar-refractivity contribution in [3.8, 4) is 0 Å². The fourth-order valence-corrected chi connectivity index (χ4v) is 7.34. The average Bonchev–Trinajstić information content (AvgIpc) is 3.06. The van der Waals surface area contributed by atoms with E-state index >= 15 is 0 Å². The van der Waals surface area contributed by atoms with Crippen LogP contribution in [0.4, 0.5) is 0 Å². The van der Waals surface area contributed by atoms with E-state index in [4.69, 9.17) is 4.74 Å². The predicted octanol–water partition coefficient (Wildman–Crippen LogP) is 2.42. The molecule has 0 aromatic heterocycles. The van der Waals surface area contributed by atoms with Gasteiger partial charge in [0.25, 0.3) is 0 Å². The third-order valence-corrected chi connectivity index (χ3v) is 8.53. The van der Waals surface area contributed by atoms with Gasteiger partial charge in [-0.05, 0) is 67.8 Å². The Hall–Kier alpha value is -1.82. The SMILES string of the molecule is CC(=O)OCC(=O)[C@H]1CC[C@H]2[C@@H]3CCC4=CC(=O)CC[C@]4(C)[C@H]3[C@@H](O)C[C@]12C=O. The molecule has 4 aliphatic rings. The van der Waals surface area contributed by atoms with Crippen LogP contribution in [0.3, 0.4) is 0 Å². The van der Waals surface area contributed by atoms with Crippen LogP contribution in [0.2, 0.25) is 0 Å². The lowest BCUT2D eigenvalue weighted by molar-refractivity contribution is -0.159. The molecule has 3 saturated carbocycles. The summed E-state index contributed by atoms with van der Waals surface area (Å²) in [5.41, 5.74) is 0.0542. The maximum absolute atomic E-state index is 12.8. The largest absolute Gasteiger partial charge is 0.458 e. The number of aliphatic hydroxyl groups is 1. The van der Waals surface area contributed by atoms with Gasteiger partial charge in [0.2, 0.25) is 0 Å². The predicted molar refractivity (Wildman–Crippen MR) is 104 cm³/mol. The number of aldehydes is 1. The lowest BCUT2D eigenvalue weighted by Crippen LogP contribution is -2.58. The maximum Gasteiger partial charge on any atom is 0.303 e. The van der Waals surface area contributed by atoms with Gasteiger partial charge in [0, 0.05) is 24.7 Å². The third-order valence-electron chi connectivity index (χ3n) is 8.53. The van der Waals surface area contributed by atoms with E-state index in [0.29, 0.717) is 12.8 Å². The highest BCUT2D eigenvalue weighted by molar-refractivity contribution is 5.92. The maximum atomic E-state index is 12.8. The molecule has 0 aromatic carbocycles. The Morgan fingerprint density at radius 1 is 1.28 bits per heavy atom. The lowest BCUT2D eigenvalue weighted by atomic mass is 9.45. The molecule has 0 heterocycles. The topological polar surface area (TPSA) is 97.7 Å². The number of esters is 1. The van der Waals surface area contributed by atoms with E-state index in [9.17, 15) is 24.3 Å². The van der Waals surface area contributed by atoms with Crippen LogP contribution in [0, 0.1) is 34.5 Å². The second kappa shape index (κ2) is 7.15. The Balaban J connectivity index is 1.65. The molecule has 29 heavy (non-hydrogen) atoms. The van der Waals surface area contributed by atoms with Crippen LogP contribution in [0.15, 0.2) is 11.6 Å². The minimum absolute atomic E-state index is 0.0102. The first-order chi connectivity index (χ1) is 13.7. The van der Waals surface area contributed by atoms with Crippen molar-refractivity contribution in [3.63, 3.8) is 0 Å². The molecular weight excluding hydrogens is 372 g/mol. The summed E-state index contributed by atoms with van der Waals surface area (Å²) in [6.45, 7) is 3.12. The van der Waals surface area contributed by atoms with Gasteiger partial charge in [-0.1, -0.05) is 12.5 Å². The number of Topliss-reactive ketones (excluding diaryl/α,β-unsaturated/α-hetero) is 1. The molecule has 0 unspecified atom stereocenters. The normalized spacial score (nSPS) is 43.5. The number of rotatable bonds is 4. The molecule has 6 heteroatoms. The molecule has 7 atom stereocenters. The van der Waals surface area contributed by atoms with E-state index in [2.05, 4.69) is 6.92 Å². The molecule has 0 saturated heterocycles. The zero-order valence-corrected chi connectivity index (χ0v) is 17.2. The highest BCUT2D eigenvalue weighted by Crippen LogP contribution is 2.66. The van der Waals surface area contributed by atoms with E-state index in [1.165, 1.54) is 6.92 Å². The smallest absolute Gasteiger partial charge is 0.303 e. The average molecular weight is 402 g/mol. The molecule has 0 radical (unpaired) electrons. The minimum Gasteiger partial charge on any atom is -0.458 e. The van der Waals surface area contributed by atoms with Gasteiger partial charge in [-0.25, -0.2) is 0 Å². The van der Waals surface area contributed by atoms with Crippen LogP contribution >= 0.6 is 0 Å². The molecule has 4 rings (SSSR count). The van der Waals surface area contributed by atoms with Crippen molar-refractivity contribution in [3.05, 3.63) is 11.6 Å². The third kappa shape index (κ3) is 3.02. The van der Waals surface area contributed by atoms with Crippen molar-refractivity contribution >= 4 is 23.8 Å². The van der Waals surface area contributed by atoms with Gasteiger partial charge >= 0.3 is 5.97 Å². The van der Waals surface area contributed by atoms with Gasteiger partial charge in [0.15, 0.2) is 11.6 Å². The number of allylic oxidation sites excluding steroid dienone is 1. The molecule has 0 spiro atoms. The quantitative estimate of drug-likeness (QED) is 0.573. The standard InChI is InChI=1S/C23H30O6/c1-13(25)29-11-20(28)18-6-5-17-16-4-3-14-9-15(26)7-8-22(14,2)21(16)19(27)10-23(17,18)12-24/h9,12,16-19,21,27H,3-8,10-11H2,1-2H3/t16-,17-,18+,19-,21+,22-,23+/m0/s1. The number of hydrogen-bond acceptors (Lipinski definition) is 6. The van der Waals surface area contributed by atoms with Crippen molar-refractivity contribution in [2.75, 3.05) is 6.61 Å². The Bertz CT molecular complexity index is 784. The van der Waals surface area contributed by atoms with Crippen molar-refractivity contribution in [2.24, 2.45) is 34.5 Å². The van der Waals surface area contributed by atoms with Crippen LogP contribution in [0.1, 0.15) is 58.8 Å². The zero-order valence-electron chi connectivity index (χ0n) is 17.2. The molecule has 1 N–H and O–H groups in total. The van der Waals surface area contributed by atoms with Crippen molar-refractivity contribution in [1.82, 2.24) is 0 Å². The molecule has 3 fully saturated rings. The second-order valence-corrected chi connectivity index (χ2v) is 9.77. The Morgan fingerprint density at radius 2 is 2.03 bits per heavy atom. The van der Waals surface area contributed by atoms with E-state index < -0.39 is 23.4 Å². The first-order valence-electron chi connectivity index (χ1n) is 10.8. The van der Waals surface area contributed by atoms with E-state index in [1.54, 1.807) is 6.08 Å². The van der Waals surface area contributed by atoms with Crippen LogP contribution in [0.25, 0.3) is 0 Å². The number of carbonyl (C=O) groups is 4. The summed E-state index contributed by atoms with van der Waals surface area (Å²) in [7, 11) is 0. The summed E-state index contributed by atoms with van der Waals surface area (Å²) in [6.07, 6.45) is 6.55. The van der Waals surface area contributed by atoms with Gasteiger partial charge in [-0.2, -0.15) is 0 Å². The van der Waals surface area contributed by atoms with Gasteiger partial charge in [-0.3, -0.25) is 14.4 Å². The summed E-state index contributed by atoms with van der Waals surface area (Å²) in [5.74, 6) is -0.843. The fourth-order valence-electron chi connectivity index (χ4n) is 7.34. The lowest BCUT2D eigenvalue weighted by Gasteiger charge is -2.59. The van der Waals surface area contributed by atoms with Gasteiger partial charge < -0.3 is 14.6 Å². The first kappa shape index (κ1) is 20.5. The minimum atomic E-state index is -0.875. The number of ether oxygens (including phenoxy) is 1. The molecule has 0 aromatic rings. The summed E-state index contributed by atoms with van der Waals surface area (Å²) >= 11 is 0. The van der Waals surface area contributed by atoms with Gasteiger partial charge in [0.1, 0.15) is 12.9 Å². The molecular formula is C23H30O6. The van der Waals surface area contributed by atoms with Crippen molar-refractivity contribution in [2.45, 2.75) is 64.9 Å². The summed E-state index contributed by atoms with van der Waals surface area (Å²) in [4.78, 5) is 48.3. The highest BCUT2D eigenvalue weighted by atomic mass is 16.5. The second-order valence-electron chi connectivity index (χ2n) is 9.77. The number of carbonyl (C=O) groups excluding carboxylic acids is 4. The van der Waals surface area contributed by atoms with Crippen molar-refractivity contribution < 1.29 is 29.0 Å². The van der Waals surface area contributed by atoms with Gasteiger partial charge in [-0.15, -0.1) is 0 Å².